The molecule has 2 fully saturated rings. The molecule has 2 aromatic carbocycles. The second-order valence-corrected chi connectivity index (χ2v) is 10.8. The lowest BCUT2D eigenvalue weighted by Gasteiger charge is -2.43. The SMILES string of the molecule is Cc1cc(-c2cccc(Cl)c2C2CCC3C(=O)N(c4cncc5ccccc45)C(=O)NC3C2)cn2ncnc12. The fourth-order valence-corrected chi connectivity index (χ4v) is 6.66. The molecule has 8 nitrogen and oxygen atoms in total. The van der Waals surface area contributed by atoms with Gasteiger partial charge in [-0.2, -0.15) is 5.10 Å². The molecular formula is C30H25ClN6O2. The van der Waals surface area contributed by atoms with Crippen molar-refractivity contribution in [2.24, 2.45) is 5.92 Å². The van der Waals surface area contributed by atoms with E-state index in [0.29, 0.717) is 23.6 Å². The lowest BCUT2D eigenvalue weighted by molar-refractivity contribution is -0.124. The maximum absolute atomic E-state index is 13.7. The van der Waals surface area contributed by atoms with E-state index < -0.39 is 6.03 Å². The number of fused-ring (bicyclic) bond motifs is 3. The molecule has 0 radical (unpaired) electrons. The van der Waals surface area contributed by atoms with Gasteiger partial charge in [-0.25, -0.2) is 19.2 Å². The number of carbonyl (C=O) groups is 2. The number of hydrogen-bond donors (Lipinski definition) is 1. The van der Waals surface area contributed by atoms with Gasteiger partial charge in [-0.05, 0) is 60.9 Å². The standard InChI is InChI=1S/C30H25ClN6O2/c1-17-11-20(15-36-28(17)33-16-34-36)22-7-4-8-24(31)27(22)18-9-10-23-25(12-18)35-30(39)37(29(23)38)26-14-32-13-19-5-2-3-6-21(19)26/h2-8,11,13-16,18,23,25H,9-10,12H2,1H3,(H,35,39). The minimum absolute atomic E-state index is 0.0839. The number of rotatable bonds is 3. The van der Waals surface area contributed by atoms with Crippen molar-refractivity contribution < 1.29 is 9.59 Å². The van der Waals surface area contributed by atoms with Crippen molar-refractivity contribution in [2.75, 3.05) is 4.90 Å². The highest BCUT2D eigenvalue weighted by atomic mass is 35.5. The number of hydrogen-bond acceptors (Lipinski definition) is 5. The van der Waals surface area contributed by atoms with Gasteiger partial charge in [0, 0.05) is 39.8 Å². The molecule has 1 aliphatic carbocycles. The molecule has 0 bridgehead atoms. The van der Waals surface area contributed by atoms with Crippen LogP contribution in [0.4, 0.5) is 10.5 Å². The summed E-state index contributed by atoms with van der Waals surface area (Å²) in [5.74, 6) is -0.398. The molecule has 3 aromatic heterocycles. The summed E-state index contributed by atoms with van der Waals surface area (Å²) in [5.41, 5.74) is 5.43. The number of benzene rings is 2. The molecule has 1 N–H and O–H groups in total. The average molecular weight is 537 g/mol. The van der Waals surface area contributed by atoms with Gasteiger partial charge in [0.2, 0.25) is 5.91 Å². The summed E-state index contributed by atoms with van der Waals surface area (Å²) in [6.45, 7) is 2.02. The van der Waals surface area contributed by atoms with Gasteiger partial charge < -0.3 is 5.32 Å². The second kappa shape index (κ2) is 9.17. The number of pyridine rings is 2. The predicted octanol–water partition coefficient (Wildman–Crippen LogP) is 5.92. The average Bonchev–Trinajstić information content (AvgIpc) is 3.42. The molecule has 3 atom stereocenters. The molecule has 0 spiro atoms. The molecule has 1 aliphatic heterocycles. The topological polar surface area (TPSA) is 92.5 Å². The van der Waals surface area contributed by atoms with Crippen LogP contribution in [0, 0.1) is 12.8 Å². The number of urea groups is 1. The quantitative estimate of drug-likeness (QED) is 0.309. The van der Waals surface area contributed by atoms with Crippen molar-refractivity contribution in [1.29, 1.82) is 0 Å². The summed E-state index contributed by atoms with van der Waals surface area (Å²) in [7, 11) is 0. The van der Waals surface area contributed by atoms with Crippen molar-refractivity contribution in [3.8, 4) is 11.1 Å². The van der Waals surface area contributed by atoms with Crippen LogP contribution in [-0.2, 0) is 4.79 Å². The molecule has 3 amide bonds. The maximum atomic E-state index is 13.7. The highest BCUT2D eigenvalue weighted by Gasteiger charge is 2.46. The summed E-state index contributed by atoms with van der Waals surface area (Å²) in [6, 6.07) is 15.0. The zero-order chi connectivity index (χ0) is 26.7. The monoisotopic (exact) mass is 536 g/mol. The van der Waals surface area contributed by atoms with Gasteiger partial charge in [-0.15, -0.1) is 0 Å². The van der Waals surface area contributed by atoms with Crippen LogP contribution in [0.25, 0.3) is 27.5 Å². The van der Waals surface area contributed by atoms with Gasteiger partial charge in [-0.3, -0.25) is 9.78 Å². The van der Waals surface area contributed by atoms with Crippen LogP contribution >= 0.6 is 11.6 Å². The summed E-state index contributed by atoms with van der Waals surface area (Å²) < 4.78 is 1.78. The van der Waals surface area contributed by atoms with Gasteiger partial charge in [0.05, 0.1) is 17.8 Å². The molecule has 4 heterocycles. The van der Waals surface area contributed by atoms with Crippen molar-refractivity contribution >= 4 is 45.6 Å². The van der Waals surface area contributed by atoms with E-state index in [2.05, 4.69) is 32.5 Å². The van der Waals surface area contributed by atoms with Gasteiger partial charge in [0.1, 0.15) is 6.33 Å². The fourth-order valence-electron chi connectivity index (χ4n) is 6.33. The van der Waals surface area contributed by atoms with Gasteiger partial charge in [0.15, 0.2) is 5.65 Å². The van der Waals surface area contributed by atoms with Gasteiger partial charge in [-0.1, -0.05) is 48.0 Å². The second-order valence-electron chi connectivity index (χ2n) is 10.4. The largest absolute Gasteiger partial charge is 0.334 e. The molecule has 2 aliphatic rings. The van der Waals surface area contributed by atoms with Crippen LogP contribution in [0.15, 0.2) is 73.4 Å². The Morgan fingerprint density at radius 1 is 1.05 bits per heavy atom. The normalized spacial score (nSPS) is 21.3. The fraction of sp³-hybridized carbons (Fsp3) is 0.233. The van der Waals surface area contributed by atoms with E-state index in [-0.39, 0.29) is 23.8 Å². The number of halogens is 1. The zero-order valence-corrected chi connectivity index (χ0v) is 22.0. The van der Waals surface area contributed by atoms with E-state index in [4.69, 9.17) is 11.6 Å². The molecule has 3 unspecified atom stereocenters. The third-order valence-electron chi connectivity index (χ3n) is 8.12. The Bertz CT molecular complexity index is 1780. The number of nitrogens with zero attached hydrogens (tertiary/aromatic N) is 5. The summed E-state index contributed by atoms with van der Waals surface area (Å²) >= 11 is 6.84. The first-order valence-electron chi connectivity index (χ1n) is 13.1. The van der Waals surface area contributed by atoms with Crippen LogP contribution in [0.2, 0.25) is 5.02 Å². The highest BCUT2D eigenvalue weighted by molar-refractivity contribution is 6.32. The van der Waals surface area contributed by atoms with E-state index in [1.54, 1.807) is 23.2 Å². The van der Waals surface area contributed by atoms with Crippen molar-refractivity contribution in [3.05, 3.63) is 89.6 Å². The molecule has 1 saturated heterocycles. The smallest absolute Gasteiger partial charge is 0.329 e. The first kappa shape index (κ1) is 23.8. The van der Waals surface area contributed by atoms with E-state index >= 15 is 0 Å². The van der Waals surface area contributed by atoms with Crippen molar-refractivity contribution in [1.82, 2.24) is 24.9 Å². The summed E-state index contributed by atoms with van der Waals surface area (Å²) in [5, 5.41) is 9.86. The molecule has 194 valence electrons. The van der Waals surface area contributed by atoms with Gasteiger partial charge in [0.25, 0.3) is 0 Å². The van der Waals surface area contributed by atoms with Crippen molar-refractivity contribution in [2.45, 2.75) is 38.1 Å². The van der Waals surface area contributed by atoms with E-state index in [9.17, 15) is 9.59 Å². The molecule has 7 rings (SSSR count). The number of anilines is 1. The zero-order valence-electron chi connectivity index (χ0n) is 21.2. The Kier molecular flexibility index (Phi) is 5.59. The molecule has 5 aromatic rings. The molecular weight excluding hydrogens is 512 g/mol. The lowest BCUT2D eigenvalue weighted by atomic mass is 9.72. The van der Waals surface area contributed by atoms with E-state index in [1.807, 2.05) is 49.5 Å². The number of aryl methyl sites for hydroxylation is 1. The van der Waals surface area contributed by atoms with Crippen LogP contribution in [-0.4, -0.2) is 37.6 Å². The Labute approximate surface area is 229 Å². The number of aromatic nitrogens is 4. The highest BCUT2D eigenvalue weighted by Crippen LogP contribution is 2.45. The summed E-state index contributed by atoms with van der Waals surface area (Å²) in [4.78, 5) is 37.0. The van der Waals surface area contributed by atoms with E-state index in [0.717, 1.165) is 45.1 Å². The Morgan fingerprint density at radius 2 is 1.92 bits per heavy atom. The third kappa shape index (κ3) is 3.86. The number of carbonyl (C=O) groups excluding carboxylic acids is 2. The van der Waals surface area contributed by atoms with E-state index in [1.165, 1.54) is 4.90 Å². The molecule has 1 saturated carbocycles. The third-order valence-corrected chi connectivity index (χ3v) is 8.45. The Hall–Kier alpha value is -4.30. The van der Waals surface area contributed by atoms with Gasteiger partial charge >= 0.3 is 6.03 Å². The van der Waals surface area contributed by atoms with Crippen LogP contribution < -0.4 is 10.2 Å². The van der Waals surface area contributed by atoms with Crippen LogP contribution in [0.5, 0.6) is 0 Å². The number of amides is 3. The number of imide groups is 1. The van der Waals surface area contributed by atoms with Crippen molar-refractivity contribution in [3.63, 3.8) is 0 Å². The first-order valence-corrected chi connectivity index (χ1v) is 13.4. The van der Waals surface area contributed by atoms with Crippen LogP contribution in [0.3, 0.4) is 0 Å². The minimum atomic E-state index is -0.410. The Balaban J connectivity index is 1.21. The minimum Gasteiger partial charge on any atom is -0.334 e. The number of nitrogens with one attached hydrogen (secondary N) is 1. The lowest BCUT2D eigenvalue weighted by Crippen LogP contribution is -2.61. The first-order chi connectivity index (χ1) is 19.0. The predicted molar refractivity (Wildman–Crippen MR) is 150 cm³/mol. The maximum Gasteiger partial charge on any atom is 0.329 e. The Morgan fingerprint density at radius 3 is 2.82 bits per heavy atom. The molecule has 9 heteroatoms. The van der Waals surface area contributed by atoms with Crippen LogP contribution in [0.1, 0.15) is 36.3 Å². The summed E-state index contributed by atoms with van der Waals surface area (Å²) in [6.07, 6.45) is 8.91. The molecule has 39 heavy (non-hydrogen) atoms.